The molecule has 4 nitrogen and oxygen atoms in total. The topological polar surface area (TPSA) is 58.2 Å². The number of carbonyl (C=O) groups excluding carboxylic acids is 2. The third-order valence-corrected chi connectivity index (χ3v) is 3.98. The summed E-state index contributed by atoms with van der Waals surface area (Å²) in [7, 11) is 0. The fraction of sp³-hybridized carbons (Fsp3) is 0.263. The lowest BCUT2D eigenvalue weighted by atomic mass is 10.1. The number of nitrogens with one attached hydrogen (secondary N) is 2. The smallest absolute Gasteiger partial charge is 0.226 e. The SMILES string of the molecule is CC(C)C(=O)Nc1ccc(NC(=O)CCc2cccc(Br)c2)cc1. The van der Waals surface area contributed by atoms with Crippen molar-refractivity contribution in [3.05, 3.63) is 58.6 Å². The van der Waals surface area contributed by atoms with Crippen molar-refractivity contribution in [2.45, 2.75) is 26.7 Å². The minimum absolute atomic E-state index is 0.0270. The van der Waals surface area contributed by atoms with Gasteiger partial charge in [0.15, 0.2) is 0 Å². The van der Waals surface area contributed by atoms with Gasteiger partial charge in [-0.25, -0.2) is 0 Å². The predicted molar refractivity (Wildman–Crippen MR) is 101 cm³/mol. The molecule has 2 aromatic rings. The number of halogens is 1. The molecule has 0 fully saturated rings. The monoisotopic (exact) mass is 388 g/mol. The van der Waals surface area contributed by atoms with Crippen LogP contribution in [0.5, 0.6) is 0 Å². The Hall–Kier alpha value is -2.14. The summed E-state index contributed by atoms with van der Waals surface area (Å²) in [5.74, 6) is -0.128. The third-order valence-electron chi connectivity index (χ3n) is 3.49. The highest BCUT2D eigenvalue weighted by Crippen LogP contribution is 2.16. The second-order valence-corrected chi connectivity index (χ2v) is 6.82. The first kappa shape index (κ1) is 18.2. The maximum absolute atomic E-state index is 12.0. The van der Waals surface area contributed by atoms with E-state index in [1.54, 1.807) is 24.3 Å². The fourth-order valence-corrected chi connectivity index (χ4v) is 2.54. The van der Waals surface area contributed by atoms with E-state index < -0.39 is 0 Å². The third kappa shape index (κ3) is 5.81. The molecule has 126 valence electrons. The molecule has 0 saturated carbocycles. The zero-order valence-corrected chi connectivity index (χ0v) is 15.4. The maximum Gasteiger partial charge on any atom is 0.226 e. The van der Waals surface area contributed by atoms with Crippen LogP contribution in [0.2, 0.25) is 0 Å². The summed E-state index contributed by atoms with van der Waals surface area (Å²) in [6.45, 7) is 3.68. The van der Waals surface area contributed by atoms with Gasteiger partial charge in [-0.1, -0.05) is 41.9 Å². The van der Waals surface area contributed by atoms with Gasteiger partial charge in [-0.2, -0.15) is 0 Å². The van der Waals surface area contributed by atoms with Gasteiger partial charge in [0.2, 0.25) is 11.8 Å². The van der Waals surface area contributed by atoms with Crippen molar-refractivity contribution in [3.8, 4) is 0 Å². The molecule has 24 heavy (non-hydrogen) atoms. The number of aryl methyl sites for hydroxylation is 1. The molecule has 2 aromatic carbocycles. The molecule has 5 heteroatoms. The van der Waals surface area contributed by atoms with Crippen molar-refractivity contribution in [3.63, 3.8) is 0 Å². The number of anilines is 2. The molecule has 2 N–H and O–H groups in total. The van der Waals surface area contributed by atoms with Crippen LogP contribution in [0.3, 0.4) is 0 Å². The van der Waals surface area contributed by atoms with Gasteiger partial charge in [-0.15, -0.1) is 0 Å². The van der Waals surface area contributed by atoms with Crippen molar-refractivity contribution in [2.75, 3.05) is 10.6 Å². The van der Waals surface area contributed by atoms with Crippen LogP contribution in [-0.4, -0.2) is 11.8 Å². The van der Waals surface area contributed by atoms with Crippen LogP contribution in [0.25, 0.3) is 0 Å². The second-order valence-electron chi connectivity index (χ2n) is 5.90. The van der Waals surface area contributed by atoms with Crippen LogP contribution in [0.1, 0.15) is 25.8 Å². The van der Waals surface area contributed by atoms with E-state index in [1.165, 1.54) is 0 Å². The van der Waals surface area contributed by atoms with Crippen LogP contribution in [-0.2, 0) is 16.0 Å². The number of rotatable bonds is 6. The summed E-state index contributed by atoms with van der Waals surface area (Å²) in [5.41, 5.74) is 2.56. The van der Waals surface area contributed by atoms with Gasteiger partial charge < -0.3 is 10.6 Å². The zero-order chi connectivity index (χ0) is 17.5. The minimum Gasteiger partial charge on any atom is -0.326 e. The number of hydrogen-bond acceptors (Lipinski definition) is 2. The Labute approximate surface area is 150 Å². The maximum atomic E-state index is 12.0. The average Bonchev–Trinajstić information content (AvgIpc) is 2.55. The standard InChI is InChI=1S/C19H21BrN2O2/c1-13(2)19(24)22-17-9-7-16(8-10-17)21-18(23)11-6-14-4-3-5-15(20)12-14/h3-5,7-10,12-13H,6,11H2,1-2H3,(H,21,23)(H,22,24). The first-order chi connectivity index (χ1) is 11.4. The number of hydrogen-bond donors (Lipinski definition) is 2. The highest BCUT2D eigenvalue weighted by atomic mass is 79.9. The fourth-order valence-electron chi connectivity index (χ4n) is 2.10. The van der Waals surface area contributed by atoms with Crippen molar-refractivity contribution in [1.82, 2.24) is 0 Å². The Kier molecular flexibility index (Phi) is 6.55. The van der Waals surface area contributed by atoms with Gasteiger partial charge in [-0.3, -0.25) is 9.59 Å². The van der Waals surface area contributed by atoms with E-state index in [4.69, 9.17) is 0 Å². The zero-order valence-electron chi connectivity index (χ0n) is 13.8. The Balaban J connectivity index is 1.84. The van der Waals surface area contributed by atoms with Gasteiger partial charge in [0.1, 0.15) is 0 Å². The average molecular weight is 389 g/mol. The number of benzene rings is 2. The molecular weight excluding hydrogens is 368 g/mol. The lowest BCUT2D eigenvalue weighted by molar-refractivity contribution is -0.119. The van der Waals surface area contributed by atoms with E-state index in [1.807, 2.05) is 38.1 Å². The minimum atomic E-state index is -0.0672. The molecule has 0 aliphatic rings. The molecule has 0 radical (unpaired) electrons. The van der Waals surface area contributed by atoms with Crippen molar-refractivity contribution >= 4 is 39.1 Å². The summed E-state index contributed by atoms with van der Waals surface area (Å²) in [6, 6.07) is 15.1. The normalized spacial score (nSPS) is 10.5. The molecule has 0 bridgehead atoms. The Morgan fingerprint density at radius 1 is 1.00 bits per heavy atom. The van der Waals surface area contributed by atoms with Gasteiger partial charge >= 0.3 is 0 Å². The molecule has 0 spiro atoms. The highest BCUT2D eigenvalue weighted by molar-refractivity contribution is 9.10. The van der Waals surface area contributed by atoms with Crippen molar-refractivity contribution in [1.29, 1.82) is 0 Å². The van der Waals surface area contributed by atoms with Crippen molar-refractivity contribution in [2.24, 2.45) is 5.92 Å². The lowest BCUT2D eigenvalue weighted by Crippen LogP contribution is -2.17. The quantitative estimate of drug-likeness (QED) is 0.758. The first-order valence-corrected chi connectivity index (χ1v) is 8.68. The Bertz CT molecular complexity index is 712. The van der Waals surface area contributed by atoms with E-state index in [0.29, 0.717) is 12.8 Å². The van der Waals surface area contributed by atoms with Crippen molar-refractivity contribution < 1.29 is 9.59 Å². The predicted octanol–water partition coefficient (Wildman–Crippen LogP) is 4.61. The van der Waals surface area contributed by atoms with E-state index in [2.05, 4.69) is 26.6 Å². The van der Waals surface area contributed by atoms with Gasteiger partial charge in [0, 0.05) is 28.2 Å². The van der Waals surface area contributed by atoms with E-state index in [9.17, 15) is 9.59 Å². The molecule has 0 heterocycles. The first-order valence-electron chi connectivity index (χ1n) is 7.89. The Morgan fingerprint density at radius 3 is 2.21 bits per heavy atom. The summed E-state index contributed by atoms with van der Waals surface area (Å²) >= 11 is 3.42. The summed E-state index contributed by atoms with van der Waals surface area (Å²) in [6.07, 6.45) is 1.11. The van der Waals surface area contributed by atoms with Gasteiger partial charge in [0.05, 0.1) is 0 Å². The molecule has 2 rings (SSSR count). The van der Waals surface area contributed by atoms with Crippen LogP contribution >= 0.6 is 15.9 Å². The molecule has 2 amide bonds. The van der Waals surface area contributed by atoms with Gasteiger partial charge in [0.25, 0.3) is 0 Å². The van der Waals surface area contributed by atoms with Gasteiger partial charge in [-0.05, 0) is 48.4 Å². The summed E-state index contributed by atoms with van der Waals surface area (Å²) in [4.78, 5) is 23.7. The lowest BCUT2D eigenvalue weighted by Gasteiger charge is -2.09. The largest absolute Gasteiger partial charge is 0.326 e. The molecule has 0 atom stereocenters. The highest BCUT2D eigenvalue weighted by Gasteiger charge is 2.07. The Morgan fingerprint density at radius 2 is 1.62 bits per heavy atom. The summed E-state index contributed by atoms with van der Waals surface area (Å²) < 4.78 is 1.01. The van der Waals surface area contributed by atoms with E-state index >= 15 is 0 Å². The summed E-state index contributed by atoms with van der Waals surface area (Å²) in [5, 5.41) is 5.68. The molecular formula is C19H21BrN2O2. The van der Waals surface area contributed by atoms with E-state index in [-0.39, 0.29) is 17.7 Å². The molecule has 0 aliphatic carbocycles. The van der Waals surface area contributed by atoms with Crippen LogP contribution in [0, 0.1) is 5.92 Å². The van der Waals surface area contributed by atoms with Crippen LogP contribution in [0.4, 0.5) is 11.4 Å². The van der Waals surface area contributed by atoms with Crippen LogP contribution < -0.4 is 10.6 Å². The molecule has 0 aromatic heterocycles. The molecule has 0 saturated heterocycles. The van der Waals surface area contributed by atoms with E-state index in [0.717, 1.165) is 21.4 Å². The molecule has 0 aliphatic heterocycles. The molecule has 0 unspecified atom stereocenters. The van der Waals surface area contributed by atoms with Crippen LogP contribution in [0.15, 0.2) is 53.0 Å². The second kappa shape index (κ2) is 8.64. The number of carbonyl (C=O) groups is 2. The number of amides is 2.